The summed E-state index contributed by atoms with van der Waals surface area (Å²) in [6, 6.07) is 16.9. The third-order valence-electron chi connectivity index (χ3n) is 3.30. The summed E-state index contributed by atoms with van der Waals surface area (Å²) in [6.07, 6.45) is 0. The van der Waals surface area contributed by atoms with Crippen molar-refractivity contribution in [3.63, 3.8) is 0 Å². The van der Waals surface area contributed by atoms with Gasteiger partial charge in [-0.3, -0.25) is 0 Å². The number of aromatic nitrogens is 2. The molecule has 0 aliphatic carbocycles. The smallest absolute Gasteiger partial charge is 0.229 e. The molecule has 2 N–H and O–H groups in total. The standard InChI is InChI=1S/C18H17ClN4O/c1-12-10-17(21-14-8-6-13(19)7-9-14)23-18(20-12)22-15-4-3-5-16(11-15)24-2/h3-11H,1-2H3,(H2,20,21,22,23). The quantitative estimate of drug-likeness (QED) is 0.689. The zero-order valence-electron chi connectivity index (χ0n) is 13.4. The minimum Gasteiger partial charge on any atom is -0.497 e. The minimum atomic E-state index is 0.514. The molecule has 0 saturated heterocycles. The first-order valence-corrected chi connectivity index (χ1v) is 7.79. The van der Waals surface area contributed by atoms with Crippen LogP contribution >= 0.6 is 11.6 Å². The maximum atomic E-state index is 5.91. The van der Waals surface area contributed by atoms with Crippen molar-refractivity contribution < 1.29 is 4.74 Å². The van der Waals surface area contributed by atoms with E-state index < -0.39 is 0 Å². The summed E-state index contributed by atoms with van der Waals surface area (Å²) in [5.41, 5.74) is 2.62. The molecule has 5 nitrogen and oxygen atoms in total. The van der Waals surface area contributed by atoms with Crippen molar-refractivity contribution in [2.75, 3.05) is 17.7 Å². The number of benzene rings is 2. The third-order valence-corrected chi connectivity index (χ3v) is 3.55. The van der Waals surface area contributed by atoms with E-state index in [1.54, 1.807) is 7.11 Å². The van der Waals surface area contributed by atoms with Crippen LogP contribution in [0, 0.1) is 6.92 Å². The molecule has 0 unspecified atom stereocenters. The van der Waals surface area contributed by atoms with Gasteiger partial charge in [0.2, 0.25) is 5.95 Å². The highest BCUT2D eigenvalue weighted by atomic mass is 35.5. The van der Waals surface area contributed by atoms with Gasteiger partial charge in [0.25, 0.3) is 0 Å². The number of halogens is 1. The van der Waals surface area contributed by atoms with Gasteiger partial charge in [-0.1, -0.05) is 17.7 Å². The lowest BCUT2D eigenvalue weighted by Crippen LogP contribution is -2.02. The molecule has 1 heterocycles. The van der Waals surface area contributed by atoms with E-state index >= 15 is 0 Å². The second-order valence-electron chi connectivity index (χ2n) is 5.21. The van der Waals surface area contributed by atoms with Gasteiger partial charge in [-0.2, -0.15) is 4.98 Å². The zero-order chi connectivity index (χ0) is 16.9. The number of aryl methyl sites for hydroxylation is 1. The molecule has 0 radical (unpaired) electrons. The lowest BCUT2D eigenvalue weighted by molar-refractivity contribution is 0.415. The van der Waals surface area contributed by atoms with Gasteiger partial charge in [0.15, 0.2) is 0 Å². The van der Waals surface area contributed by atoms with Crippen LogP contribution in [-0.2, 0) is 0 Å². The Morgan fingerprint density at radius 2 is 1.71 bits per heavy atom. The van der Waals surface area contributed by atoms with Crippen molar-refractivity contribution in [2.45, 2.75) is 6.92 Å². The van der Waals surface area contributed by atoms with Crippen LogP contribution in [0.1, 0.15) is 5.69 Å². The maximum Gasteiger partial charge on any atom is 0.229 e. The number of hydrogen-bond donors (Lipinski definition) is 2. The second-order valence-corrected chi connectivity index (χ2v) is 5.64. The largest absolute Gasteiger partial charge is 0.497 e. The van der Waals surface area contributed by atoms with Crippen LogP contribution in [0.4, 0.5) is 23.1 Å². The molecule has 0 aliphatic heterocycles. The predicted molar refractivity (Wildman–Crippen MR) is 97.8 cm³/mol. The van der Waals surface area contributed by atoms with Gasteiger partial charge in [0.05, 0.1) is 7.11 Å². The molecule has 0 atom stereocenters. The number of anilines is 4. The van der Waals surface area contributed by atoms with E-state index in [1.807, 2.05) is 61.5 Å². The number of nitrogens with zero attached hydrogens (tertiary/aromatic N) is 2. The number of methoxy groups -OCH3 is 1. The summed E-state index contributed by atoms with van der Waals surface area (Å²) < 4.78 is 5.22. The summed E-state index contributed by atoms with van der Waals surface area (Å²) in [7, 11) is 1.64. The van der Waals surface area contributed by atoms with Crippen molar-refractivity contribution >= 4 is 34.7 Å². The molecular weight excluding hydrogens is 324 g/mol. The van der Waals surface area contributed by atoms with Gasteiger partial charge >= 0.3 is 0 Å². The molecule has 24 heavy (non-hydrogen) atoms. The Morgan fingerprint density at radius 1 is 0.917 bits per heavy atom. The first kappa shape index (κ1) is 16.1. The van der Waals surface area contributed by atoms with Gasteiger partial charge in [0.1, 0.15) is 11.6 Å². The van der Waals surface area contributed by atoms with Crippen LogP contribution in [0.2, 0.25) is 5.02 Å². The summed E-state index contributed by atoms with van der Waals surface area (Å²) >= 11 is 5.91. The fourth-order valence-electron chi connectivity index (χ4n) is 2.20. The van der Waals surface area contributed by atoms with Crippen LogP contribution in [0.25, 0.3) is 0 Å². The van der Waals surface area contributed by atoms with Crippen molar-refractivity contribution in [3.8, 4) is 5.75 Å². The van der Waals surface area contributed by atoms with Crippen molar-refractivity contribution in [3.05, 3.63) is 65.3 Å². The number of rotatable bonds is 5. The van der Waals surface area contributed by atoms with E-state index in [0.717, 1.165) is 22.8 Å². The van der Waals surface area contributed by atoms with Crippen molar-refractivity contribution in [1.29, 1.82) is 0 Å². The van der Waals surface area contributed by atoms with E-state index in [1.165, 1.54) is 0 Å². The normalized spacial score (nSPS) is 10.3. The van der Waals surface area contributed by atoms with E-state index in [0.29, 0.717) is 16.8 Å². The van der Waals surface area contributed by atoms with E-state index in [4.69, 9.17) is 16.3 Å². The maximum absolute atomic E-state index is 5.91. The third kappa shape index (κ3) is 4.14. The Bertz CT molecular complexity index is 837. The molecular formula is C18H17ClN4O. The monoisotopic (exact) mass is 340 g/mol. The number of nitrogens with one attached hydrogen (secondary N) is 2. The first-order valence-electron chi connectivity index (χ1n) is 7.42. The molecule has 0 saturated carbocycles. The average Bonchev–Trinajstić information content (AvgIpc) is 2.56. The summed E-state index contributed by atoms with van der Waals surface area (Å²) in [4.78, 5) is 8.91. The first-order chi connectivity index (χ1) is 11.6. The van der Waals surface area contributed by atoms with Gasteiger partial charge in [-0.25, -0.2) is 4.98 Å². The van der Waals surface area contributed by atoms with Gasteiger partial charge in [-0.05, 0) is 43.3 Å². The molecule has 122 valence electrons. The summed E-state index contributed by atoms with van der Waals surface area (Å²) in [6.45, 7) is 1.92. The molecule has 0 aliphatic rings. The van der Waals surface area contributed by atoms with Crippen molar-refractivity contribution in [2.24, 2.45) is 0 Å². The van der Waals surface area contributed by atoms with Gasteiger partial charge in [0, 0.05) is 34.2 Å². The predicted octanol–water partition coefficient (Wildman–Crippen LogP) is 4.93. The van der Waals surface area contributed by atoms with Crippen molar-refractivity contribution in [1.82, 2.24) is 9.97 Å². The molecule has 0 fully saturated rings. The molecule has 2 aromatic carbocycles. The Balaban J connectivity index is 1.81. The molecule has 0 bridgehead atoms. The number of hydrogen-bond acceptors (Lipinski definition) is 5. The number of ether oxygens (including phenoxy) is 1. The molecule has 1 aromatic heterocycles. The van der Waals surface area contributed by atoms with Crippen LogP contribution < -0.4 is 15.4 Å². The SMILES string of the molecule is COc1cccc(Nc2nc(C)cc(Nc3ccc(Cl)cc3)n2)c1. The average molecular weight is 341 g/mol. The highest BCUT2D eigenvalue weighted by Crippen LogP contribution is 2.22. The molecule has 6 heteroatoms. The fourth-order valence-corrected chi connectivity index (χ4v) is 2.33. The highest BCUT2D eigenvalue weighted by molar-refractivity contribution is 6.30. The van der Waals surface area contributed by atoms with E-state index in [2.05, 4.69) is 20.6 Å². The van der Waals surface area contributed by atoms with E-state index in [-0.39, 0.29) is 0 Å². The summed E-state index contributed by atoms with van der Waals surface area (Å²) in [5.74, 6) is 1.99. The van der Waals surface area contributed by atoms with Gasteiger partial charge < -0.3 is 15.4 Å². The Labute approximate surface area is 145 Å². The van der Waals surface area contributed by atoms with Crippen LogP contribution in [0.3, 0.4) is 0 Å². The molecule has 0 spiro atoms. The topological polar surface area (TPSA) is 59.1 Å². The lowest BCUT2D eigenvalue weighted by Gasteiger charge is -2.10. The van der Waals surface area contributed by atoms with Crippen LogP contribution in [0.15, 0.2) is 54.6 Å². The van der Waals surface area contributed by atoms with Crippen LogP contribution in [-0.4, -0.2) is 17.1 Å². The Morgan fingerprint density at radius 3 is 2.46 bits per heavy atom. The fraction of sp³-hybridized carbons (Fsp3) is 0.111. The zero-order valence-corrected chi connectivity index (χ0v) is 14.1. The molecule has 3 rings (SSSR count). The Hall–Kier alpha value is -2.79. The Kier molecular flexibility index (Phi) is 4.82. The highest BCUT2D eigenvalue weighted by Gasteiger charge is 2.04. The van der Waals surface area contributed by atoms with E-state index in [9.17, 15) is 0 Å². The second kappa shape index (κ2) is 7.19. The van der Waals surface area contributed by atoms with Crippen LogP contribution in [0.5, 0.6) is 5.75 Å². The molecule has 3 aromatic rings. The minimum absolute atomic E-state index is 0.514. The lowest BCUT2D eigenvalue weighted by atomic mass is 10.3. The van der Waals surface area contributed by atoms with Gasteiger partial charge in [-0.15, -0.1) is 0 Å². The summed E-state index contributed by atoms with van der Waals surface area (Å²) in [5, 5.41) is 7.13. The molecule has 0 amide bonds.